The Morgan fingerprint density at radius 3 is 2.28 bits per heavy atom. The summed E-state index contributed by atoms with van der Waals surface area (Å²) in [7, 11) is -3.81. The summed E-state index contributed by atoms with van der Waals surface area (Å²) in [5.74, 6) is -2.82. The fourth-order valence-corrected chi connectivity index (χ4v) is 4.61. The third kappa shape index (κ3) is 8.58. The summed E-state index contributed by atoms with van der Waals surface area (Å²) in [5, 5.41) is 2.85. The second-order valence-corrected chi connectivity index (χ2v) is 10.8. The van der Waals surface area contributed by atoms with Crippen LogP contribution in [0.5, 0.6) is 0 Å². The summed E-state index contributed by atoms with van der Waals surface area (Å²) in [6.45, 7) is 6.27. The van der Waals surface area contributed by atoms with Crippen LogP contribution in [0.15, 0.2) is 42.5 Å². The van der Waals surface area contributed by atoms with Crippen molar-refractivity contribution < 1.29 is 26.8 Å². The lowest BCUT2D eigenvalue weighted by molar-refractivity contribution is -0.140. The molecule has 0 aliphatic heterocycles. The van der Waals surface area contributed by atoms with Crippen LogP contribution in [-0.2, 0) is 26.2 Å². The van der Waals surface area contributed by atoms with E-state index in [-0.39, 0.29) is 43.4 Å². The predicted molar refractivity (Wildman–Crippen MR) is 137 cm³/mol. The van der Waals surface area contributed by atoms with Gasteiger partial charge in [-0.25, -0.2) is 17.2 Å². The van der Waals surface area contributed by atoms with Crippen molar-refractivity contribution in [2.24, 2.45) is 0 Å². The molecule has 1 N–H and O–H groups in total. The van der Waals surface area contributed by atoms with Crippen molar-refractivity contribution in [2.75, 3.05) is 23.7 Å². The zero-order chi connectivity index (χ0) is 26.9. The number of hydrogen-bond acceptors (Lipinski definition) is 4. The molecule has 2 rings (SSSR count). The van der Waals surface area contributed by atoms with Gasteiger partial charge in [-0.05, 0) is 44.4 Å². The van der Waals surface area contributed by atoms with E-state index in [9.17, 15) is 26.8 Å². The first-order chi connectivity index (χ1) is 16.9. The third-order valence-corrected chi connectivity index (χ3v) is 7.01. The predicted octanol–water partition coefficient (Wildman–Crippen LogP) is 4.15. The largest absolute Gasteiger partial charge is 0.354 e. The van der Waals surface area contributed by atoms with Gasteiger partial charge in [0.2, 0.25) is 21.8 Å². The molecule has 7 nitrogen and oxygen atoms in total. The van der Waals surface area contributed by atoms with Crippen LogP contribution in [0.1, 0.15) is 50.7 Å². The molecule has 0 radical (unpaired) electrons. The molecule has 2 aromatic carbocycles. The van der Waals surface area contributed by atoms with Crippen LogP contribution in [0.4, 0.5) is 14.5 Å². The Labute approximate surface area is 212 Å². The molecule has 0 saturated carbocycles. The number of hydrogen-bond donors (Lipinski definition) is 1. The van der Waals surface area contributed by atoms with Crippen molar-refractivity contribution in [1.82, 2.24) is 10.2 Å². The maximum atomic E-state index is 13.7. The standard InChI is InChI=1S/C26H35F2N3O4S/c1-5-6-15-29-26(33)20(3)30(18-21-11-9-19(2)10-12-21)25(32)8-7-16-31(36(4,34)35)22-13-14-23(27)24(28)17-22/h9-14,17,20H,5-8,15-16,18H2,1-4H3,(H,29,33). The average Bonchev–Trinajstić information content (AvgIpc) is 2.82. The summed E-state index contributed by atoms with van der Waals surface area (Å²) in [6.07, 6.45) is 2.81. The van der Waals surface area contributed by atoms with Crippen molar-refractivity contribution in [1.29, 1.82) is 0 Å². The lowest BCUT2D eigenvalue weighted by atomic mass is 10.1. The van der Waals surface area contributed by atoms with Gasteiger partial charge in [-0.1, -0.05) is 43.2 Å². The molecule has 0 aliphatic rings. The minimum atomic E-state index is -3.81. The Bertz CT molecular complexity index is 1140. The zero-order valence-corrected chi connectivity index (χ0v) is 22.1. The molecular formula is C26H35F2N3O4S. The number of sulfonamides is 1. The van der Waals surface area contributed by atoms with E-state index < -0.39 is 27.7 Å². The molecule has 0 bridgehead atoms. The molecular weight excluding hydrogens is 488 g/mol. The highest BCUT2D eigenvalue weighted by Gasteiger charge is 2.26. The van der Waals surface area contributed by atoms with Gasteiger partial charge in [0, 0.05) is 32.1 Å². The average molecular weight is 524 g/mol. The maximum absolute atomic E-state index is 13.7. The van der Waals surface area contributed by atoms with Crippen molar-refractivity contribution in [3.63, 3.8) is 0 Å². The van der Waals surface area contributed by atoms with Gasteiger partial charge in [-0.3, -0.25) is 13.9 Å². The van der Waals surface area contributed by atoms with Crippen LogP contribution in [0.2, 0.25) is 0 Å². The number of aryl methyl sites for hydroxylation is 1. The van der Waals surface area contributed by atoms with Gasteiger partial charge < -0.3 is 10.2 Å². The maximum Gasteiger partial charge on any atom is 0.242 e. The Morgan fingerprint density at radius 2 is 1.69 bits per heavy atom. The normalized spacial score (nSPS) is 12.2. The molecule has 10 heteroatoms. The zero-order valence-electron chi connectivity index (χ0n) is 21.3. The second-order valence-electron chi connectivity index (χ2n) is 8.86. The van der Waals surface area contributed by atoms with Crippen molar-refractivity contribution in [3.05, 3.63) is 65.2 Å². The molecule has 0 aliphatic carbocycles. The number of nitrogens with zero attached hydrogens (tertiary/aromatic N) is 2. The van der Waals surface area contributed by atoms with Gasteiger partial charge in [0.15, 0.2) is 11.6 Å². The van der Waals surface area contributed by atoms with E-state index in [4.69, 9.17) is 0 Å². The number of carbonyl (C=O) groups is 2. The van der Waals surface area contributed by atoms with E-state index in [0.717, 1.165) is 46.7 Å². The molecule has 2 amide bonds. The van der Waals surface area contributed by atoms with E-state index in [0.29, 0.717) is 6.54 Å². The van der Waals surface area contributed by atoms with Crippen LogP contribution in [0.25, 0.3) is 0 Å². The number of nitrogens with one attached hydrogen (secondary N) is 1. The lowest BCUT2D eigenvalue weighted by Gasteiger charge is -2.29. The van der Waals surface area contributed by atoms with Crippen LogP contribution >= 0.6 is 0 Å². The van der Waals surface area contributed by atoms with Crippen molar-refractivity contribution >= 4 is 27.5 Å². The molecule has 1 unspecified atom stereocenters. The number of halogens is 2. The topological polar surface area (TPSA) is 86.8 Å². The second kappa shape index (κ2) is 13.3. The van der Waals surface area contributed by atoms with E-state index in [1.165, 1.54) is 11.0 Å². The monoisotopic (exact) mass is 523 g/mol. The van der Waals surface area contributed by atoms with Gasteiger partial charge in [0.05, 0.1) is 11.9 Å². The summed E-state index contributed by atoms with van der Waals surface area (Å²) in [4.78, 5) is 27.4. The number of amides is 2. The molecule has 198 valence electrons. The van der Waals surface area contributed by atoms with Crippen LogP contribution < -0.4 is 9.62 Å². The Kier molecular flexibility index (Phi) is 10.8. The fraction of sp³-hybridized carbons (Fsp3) is 0.462. The first kappa shape index (κ1) is 29.2. The van der Waals surface area contributed by atoms with Crippen molar-refractivity contribution in [3.8, 4) is 0 Å². The quantitative estimate of drug-likeness (QED) is 0.400. The van der Waals surface area contributed by atoms with Gasteiger partial charge in [0.1, 0.15) is 6.04 Å². The molecule has 36 heavy (non-hydrogen) atoms. The minimum Gasteiger partial charge on any atom is -0.354 e. The van der Waals surface area contributed by atoms with Crippen molar-refractivity contribution in [2.45, 2.75) is 59.0 Å². The smallest absolute Gasteiger partial charge is 0.242 e. The highest BCUT2D eigenvalue weighted by Crippen LogP contribution is 2.21. The van der Waals surface area contributed by atoms with Crippen LogP contribution in [-0.4, -0.2) is 50.5 Å². The molecule has 2 aromatic rings. The third-order valence-electron chi connectivity index (χ3n) is 5.81. The number of anilines is 1. The van der Waals surface area contributed by atoms with Gasteiger partial charge in [-0.2, -0.15) is 0 Å². The molecule has 0 spiro atoms. The number of carbonyl (C=O) groups excluding carboxylic acids is 2. The Morgan fingerprint density at radius 1 is 1.03 bits per heavy atom. The molecule has 0 saturated heterocycles. The summed E-state index contributed by atoms with van der Waals surface area (Å²) in [5.41, 5.74) is 1.91. The first-order valence-electron chi connectivity index (χ1n) is 12.0. The Balaban J connectivity index is 2.15. The number of unbranched alkanes of at least 4 members (excludes halogenated alkanes) is 1. The summed E-state index contributed by atoms with van der Waals surface area (Å²) >= 11 is 0. The van der Waals surface area contributed by atoms with E-state index >= 15 is 0 Å². The highest BCUT2D eigenvalue weighted by molar-refractivity contribution is 7.92. The van der Waals surface area contributed by atoms with Gasteiger partial charge in [-0.15, -0.1) is 0 Å². The van der Waals surface area contributed by atoms with Crippen LogP contribution in [0.3, 0.4) is 0 Å². The summed E-state index contributed by atoms with van der Waals surface area (Å²) in [6, 6.07) is 9.75. The van der Waals surface area contributed by atoms with E-state index in [2.05, 4.69) is 5.32 Å². The number of benzene rings is 2. The molecule has 0 aromatic heterocycles. The van der Waals surface area contributed by atoms with E-state index in [1.807, 2.05) is 38.1 Å². The Hall–Kier alpha value is -3.01. The molecule has 1 atom stereocenters. The highest BCUT2D eigenvalue weighted by atomic mass is 32.2. The van der Waals surface area contributed by atoms with Crippen LogP contribution in [0, 0.1) is 18.6 Å². The minimum absolute atomic E-state index is 0.0240. The molecule has 0 fully saturated rings. The SMILES string of the molecule is CCCCNC(=O)C(C)N(Cc1ccc(C)cc1)C(=O)CCCN(c1ccc(F)c(F)c1)S(C)(=O)=O. The molecule has 0 heterocycles. The number of rotatable bonds is 13. The van der Waals surface area contributed by atoms with Gasteiger partial charge >= 0.3 is 0 Å². The fourth-order valence-electron chi connectivity index (χ4n) is 3.65. The van der Waals surface area contributed by atoms with E-state index in [1.54, 1.807) is 6.92 Å². The first-order valence-corrected chi connectivity index (χ1v) is 13.8. The summed E-state index contributed by atoms with van der Waals surface area (Å²) < 4.78 is 52.5. The van der Waals surface area contributed by atoms with Gasteiger partial charge in [0.25, 0.3) is 0 Å². The lowest BCUT2D eigenvalue weighted by Crippen LogP contribution is -2.48.